The first-order chi connectivity index (χ1) is 11.5. The number of nitrogens with one attached hydrogen (secondary N) is 1. The van der Waals surface area contributed by atoms with Crippen LogP contribution >= 0.6 is 12.4 Å². The summed E-state index contributed by atoms with van der Waals surface area (Å²) in [6, 6.07) is 9.84. The molecular weight excluding hydrogens is 334 g/mol. The SMILES string of the molecule is Cl.NC12C[C@H]3C[C@@H](C1)CC(NC(=O)c1cnc4ccccc4c1)(C3)C2. The lowest BCUT2D eigenvalue weighted by molar-refractivity contribution is -0.0320. The first-order valence-corrected chi connectivity index (χ1v) is 8.99. The number of nitrogens with zero attached hydrogens (tertiary/aromatic N) is 1. The van der Waals surface area contributed by atoms with Crippen molar-refractivity contribution in [3.63, 3.8) is 0 Å². The van der Waals surface area contributed by atoms with Gasteiger partial charge >= 0.3 is 0 Å². The van der Waals surface area contributed by atoms with Crippen molar-refractivity contribution in [2.45, 2.75) is 49.6 Å². The van der Waals surface area contributed by atoms with Gasteiger partial charge in [-0.15, -0.1) is 12.4 Å². The number of para-hydroxylation sites is 1. The van der Waals surface area contributed by atoms with Crippen LogP contribution in [0.4, 0.5) is 0 Å². The number of benzene rings is 1. The molecule has 132 valence electrons. The molecule has 4 saturated carbocycles. The second-order valence-electron chi connectivity index (χ2n) is 8.47. The zero-order valence-electron chi connectivity index (χ0n) is 14.2. The van der Waals surface area contributed by atoms with Gasteiger partial charge in [0.15, 0.2) is 0 Å². The van der Waals surface area contributed by atoms with Crippen molar-refractivity contribution in [2.75, 3.05) is 0 Å². The minimum Gasteiger partial charge on any atom is -0.346 e. The van der Waals surface area contributed by atoms with E-state index in [1.54, 1.807) is 6.20 Å². The lowest BCUT2D eigenvalue weighted by Crippen LogP contribution is -2.68. The maximum Gasteiger partial charge on any atom is 0.253 e. The average Bonchev–Trinajstić information content (AvgIpc) is 2.51. The Kier molecular flexibility index (Phi) is 3.82. The minimum absolute atomic E-state index is 0. The van der Waals surface area contributed by atoms with Gasteiger partial charge in [0, 0.05) is 22.7 Å². The van der Waals surface area contributed by atoms with E-state index in [4.69, 9.17) is 5.73 Å². The second-order valence-corrected chi connectivity index (χ2v) is 8.47. The molecule has 2 aromatic rings. The molecule has 4 aliphatic carbocycles. The number of fused-ring (bicyclic) bond motifs is 1. The van der Waals surface area contributed by atoms with Gasteiger partial charge in [0.05, 0.1) is 11.1 Å². The topological polar surface area (TPSA) is 68.0 Å². The van der Waals surface area contributed by atoms with Crippen molar-refractivity contribution in [3.8, 4) is 0 Å². The summed E-state index contributed by atoms with van der Waals surface area (Å²) >= 11 is 0. The molecule has 0 saturated heterocycles. The summed E-state index contributed by atoms with van der Waals surface area (Å²) in [6.07, 6.45) is 8.38. The largest absolute Gasteiger partial charge is 0.346 e. The number of carbonyl (C=O) groups excluding carboxylic acids is 1. The van der Waals surface area contributed by atoms with Crippen molar-refractivity contribution >= 4 is 29.2 Å². The highest BCUT2D eigenvalue weighted by atomic mass is 35.5. The number of amides is 1. The summed E-state index contributed by atoms with van der Waals surface area (Å²) in [5.41, 5.74) is 8.05. The fraction of sp³-hybridized carbons (Fsp3) is 0.500. The minimum atomic E-state index is -0.0957. The molecule has 1 heterocycles. The molecule has 1 aromatic carbocycles. The van der Waals surface area contributed by atoms with Crippen LogP contribution < -0.4 is 11.1 Å². The molecule has 2 unspecified atom stereocenters. The van der Waals surface area contributed by atoms with Crippen molar-refractivity contribution in [1.82, 2.24) is 10.3 Å². The monoisotopic (exact) mass is 357 g/mol. The summed E-state index contributed by atoms with van der Waals surface area (Å²) in [5, 5.41) is 4.38. The summed E-state index contributed by atoms with van der Waals surface area (Å²) in [4.78, 5) is 17.3. The Morgan fingerprint density at radius 3 is 2.60 bits per heavy atom. The Hall–Kier alpha value is -1.65. The van der Waals surface area contributed by atoms with Crippen LogP contribution in [-0.2, 0) is 0 Å². The molecule has 25 heavy (non-hydrogen) atoms. The van der Waals surface area contributed by atoms with Gasteiger partial charge < -0.3 is 11.1 Å². The lowest BCUT2D eigenvalue weighted by atomic mass is 9.50. The summed E-state index contributed by atoms with van der Waals surface area (Å²) in [6.45, 7) is 0. The molecule has 4 bridgehead atoms. The standard InChI is InChI=1S/C20H23N3O.ClH/c21-19-7-13-5-14(8-19)10-20(9-13,12-19)23-18(24)16-6-15-3-1-2-4-17(15)22-11-16;/h1-4,6,11,13-14H,5,7-10,12,21H2,(H,23,24);1H/t13-,14+,19?,20?;. The number of hydrogen-bond donors (Lipinski definition) is 2. The predicted octanol–water partition coefficient (Wildman–Crippen LogP) is 3.44. The maximum atomic E-state index is 12.9. The number of halogens is 1. The van der Waals surface area contributed by atoms with Crippen molar-refractivity contribution < 1.29 is 4.79 Å². The van der Waals surface area contributed by atoms with Gasteiger partial charge in [-0.1, -0.05) is 18.2 Å². The van der Waals surface area contributed by atoms with Gasteiger partial charge in [0.1, 0.15) is 0 Å². The Morgan fingerprint density at radius 1 is 1.16 bits per heavy atom. The van der Waals surface area contributed by atoms with E-state index in [9.17, 15) is 4.79 Å². The molecule has 4 aliphatic rings. The van der Waals surface area contributed by atoms with Gasteiger partial charge in [-0.2, -0.15) is 0 Å². The number of rotatable bonds is 2. The highest BCUT2D eigenvalue weighted by Gasteiger charge is 2.56. The van der Waals surface area contributed by atoms with Crippen LogP contribution in [-0.4, -0.2) is 22.0 Å². The fourth-order valence-electron chi connectivity index (χ4n) is 5.99. The number of hydrogen-bond acceptors (Lipinski definition) is 3. The van der Waals surface area contributed by atoms with Gasteiger partial charge in [0.25, 0.3) is 5.91 Å². The molecule has 4 nitrogen and oxygen atoms in total. The van der Waals surface area contributed by atoms with Crippen LogP contribution in [0.25, 0.3) is 10.9 Å². The number of carbonyl (C=O) groups is 1. The predicted molar refractivity (Wildman–Crippen MR) is 101 cm³/mol. The van der Waals surface area contributed by atoms with Gasteiger partial charge in [-0.3, -0.25) is 9.78 Å². The Bertz CT molecular complexity index is 823. The van der Waals surface area contributed by atoms with Gasteiger partial charge in [0.2, 0.25) is 0 Å². The van der Waals surface area contributed by atoms with E-state index in [1.165, 1.54) is 6.42 Å². The van der Waals surface area contributed by atoms with Crippen molar-refractivity contribution in [1.29, 1.82) is 0 Å². The van der Waals surface area contributed by atoms with E-state index >= 15 is 0 Å². The molecule has 0 aliphatic heterocycles. The molecule has 4 atom stereocenters. The van der Waals surface area contributed by atoms with E-state index in [1.807, 2.05) is 30.3 Å². The molecule has 1 aromatic heterocycles. The van der Waals surface area contributed by atoms with Gasteiger partial charge in [-0.25, -0.2) is 0 Å². The number of nitrogens with two attached hydrogens (primary N) is 1. The molecule has 1 amide bonds. The van der Waals surface area contributed by atoms with Crippen molar-refractivity contribution in [3.05, 3.63) is 42.1 Å². The second kappa shape index (κ2) is 5.68. The quantitative estimate of drug-likeness (QED) is 0.865. The normalized spacial score (nSPS) is 35.4. The van der Waals surface area contributed by atoms with Crippen LogP contribution in [0.5, 0.6) is 0 Å². The number of pyridine rings is 1. The fourth-order valence-corrected chi connectivity index (χ4v) is 5.99. The highest BCUT2D eigenvalue weighted by Crippen LogP contribution is 2.56. The third kappa shape index (κ3) is 2.81. The zero-order chi connectivity index (χ0) is 16.4. The molecule has 0 spiro atoms. The smallest absolute Gasteiger partial charge is 0.253 e. The Morgan fingerprint density at radius 2 is 1.88 bits per heavy atom. The molecule has 6 rings (SSSR count). The Labute approximate surface area is 154 Å². The van der Waals surface area contributed by atoms with Crippen LogP contribution in [0.2, 0.25) is 0 Å². The van der Waals surface area contributed by atoms with Crippen LogP contribution in [0, 0.1) is 11.8 Å². The zero-order valence-corrected chi connectivity index (χ0v) is 15.0. The van der Waals surface area contributed by atoms with E-state index in [0.29, 0.717) is 17.4 Å². The average molecular weight is 358 g/mol. The van der Waals surface area contributed by atoms with Crippen LogP contribution in [0.15, 0.2) is 36.5 Å². The van der Waals surface area contributed by atoms with E-state index in [0.717, 1.165) is 43.0 Å². The van der Waals surface area contributed by atoms with E-state index in [2.05, 4.69) is 10.3 Å². The molecular formula is C20H24ClN3O. The third-order valence-electron chi connectivity index (χ3n) is 6.34. The summed E-state index contributed by atoms with van der Waals surface area (Å²) < 4.78 is 0. The first-order valence-electron chi connectivity index (χ1n) is 8.99. The third-order valence-corrected chi connectivity index (χ3v) is 6.34. The maximum absolute atomic E-state index is 12.9. The van der Waals surface area contributed by atoms with Crippen molar-refractivity contribution in [2.24, 2.45) is 17.6 Å². The van der Waals surface area contributed by atoms with Gasteiger partial charge in [-0.05, 0) is 62.5 Å². The lowest BCUT2D eigenvalue weighted by Gasteiger charge is -2.61. The van der Waals surface area contributed by atoms with E-state index in [-0.39, 0.29) is 29.4 Å². The molecule has 0 radical (unpaired) electrons. The van der Waals surface area contributed by atoms with Crippen LogP contribution in [0.3, 0.4) is 0 Å². The Balaban J connectivity index is 0.00000157. The highest BCUT2D eigenvalue weighted by molar-refractivity contribution is 5.97. The summed E-state index contributed by atoms with van der Waals surface area (Å²) in [5.74, 6) is 1.37. The summed E-state index contributed by atoms with van der Waals surface area (Å²) in [7, 11) is 0. The molecule has 4 fully saturated rings. The number of aromatic nitrogens is 1. The first kappa shape index (κ1) is 16.8. The van der Waals surface area contributed by atoms with E-state index < -0.39 is 0 Å². The molecule has 3 N–H and O–H groups in total. The van der Waals surface area contributed by atoms with Crippen LogP contribution in [0.1, 0.15) is 48.9 Å². The molecule has 5 heteroatoms.